The standard InChI is InChI=1S/C21H26FN3O3S/c1-3-25(4-2)29(27,28)18-11-12-20(24-13-5-6-14-24)19(15-18)21(26)23-17-9-7-16(22)8-10-17/h7-12,15H,3-6,13-14H2,1-2H3,(H,23,26). The number of halogens is 1. The van der Waals surface area contributed by atoms with Crippen LogP contribution in [0.15, 0.2) is 47.4 Å². The number of hydrogen-bond acceptors (Lipinski definition) is 4. The molecule has 0 aliphatic carbocycles. The van der Waals surface area contributed by atoms with Crippen LogP contribution in [0, 0.1) is 5.82 Å². The minimum Gasteiger partial charge on any atom is -0.371 e. The van der Waals surface area contributed by atoms with Crippen LogP contribution in [0.1, 0.15) is 37.0 Å². The quantitative estimate of drug-likeness (QED) is 0.743. The van der Waals surface area contributed by atoms with Crippen molar-refractivity contribution in [2.24, 2.45) is 0 Å². The molecule has 1 fully saturated rings. The maximum atomic E-state index is 13.2. The van der Waals surface area contributed by atoms with Gasteiger partial charge in [-0.15, -0.1) is 0 Å². The van der Waals surface area contributed by atoms with Gasteiger partial charge >= 0.3 is 0 Å². The number of rotatable bonds is 7. The molecule has 0 saturated carbocycles. The third kappa shape index (κ3) is 4.59. The van der Waals surface area contributed by atoms with Gasteiger partial charge in [-0.2, -0.15) is 4.31 Å². The number of hydrogen-bond donors (Lipinski definition) is 1. The van der Waals surface area contributed by atoms with Gasteiger partial charge in [-0.05, 0) is 55.3 Å². The van der Waals surface area contributed by atoms with Crippen molar-refractivity contribution in [2.75, 3.05) is 36.4 Å². The lowest BCUT2D eigenvalue weighted by molar-refractivity contribution is 0.102. The summed E-state index contributed by atoms with van der Waals surface area (Å²) in [6, 6.07) is 10.2. The summed E-state index contributed by atoms with van der Waals surface area (Å²) in [6.45, 7) is 5.90. The van der Waals surface area contributed by atoms with Crippen molar-refractivity contribution in [3.8, 4) is 0 Å². The molecule has 2 aromatic rings. The molecule has 0 aromatic heterocycles. The molecule has 3 rings (SSSR count). The molecule has 1 N–H and O–H groups in total. The molecule has 2 aromatic carbocycles. The van der Waals surface area contributed by atoms with E-state index in [0.29, 0.717) is 30.0 Å². The average Bonchev–Trinajstić information content (AvgIpc) is 3.24. The van der Waals surface area contributed by atoms with Crippen molar-refractivity contribution < 1.29 is 17.6 Å². The zero-order valence-electron chi connectivity index (χ0n) is 16.7. The summed E-state index contributed by atoms with van der Waals surface area (Å²) in [5, 5.41) is 2.74. The molecule has 156 valence electrons. The molecule has 8 heteroatoms. The van der Waals surface area contributed by atoms with Crippen molar-refractivity contribution >= 4 is 27.3 Å². The summed E-state index contributed by atoms with van der Waals surface area (Å²) >= 11 is 0. The number of sulfonamides is 1. The van der Waals surface area contributed by atoms with Crippen molar-refractivity contribution in [1.29, 1.82) is 0 Å². The van der Waals surface area contributed by atoms with Crippen LogP contribution in [0.5, 0.6) is 0 Å². The Morgan fingerprint density at radius 3 is 2.28 bits per heavy atom. The van der Waals surface area contributed by atoms with Crippen molar-refractivity contribution in [2.45, 2.75) is 31.6 Å². The van der Waals surface area contributed by atoms with Gasteiger partial charge in [-0.3, -0.25) is 4.79 Å². The van der Waals surface area contributed by atoms with Crippen LogP contribution >= 0.6 is 0 Å². The molecule has 0 bridgehead atoms. The van der Waals surface area contributed by atoms with E-state index in [2.05, 4.69) is 10.2 Å². The van der Waals surface area contributed by atoms with Gasteiger partial charge in [0.15, 0.2) is 0 Å². The van der Waals surface area contributed by atoms with Gasteiger partial charge in [-0.25, -0.2) is 12.8 Å². The topological polar surface area (TPSA) is 69.7 Å². The average molecular weight is 420 g/mol. The molecule has 29 heavy (non-hydrogen) atoms. The summed E-state index contributed by atoms with van der Waals surface area (Å²) in [7, 11) is -3.69. The second-order valence-electron chi connectivity index (χ2n) is 6.92. The Labute approximate surface area is 171 Å². The Morgan fingerprint density at radius 2 is 1.69 bits per heavy atom. The maximum Gasteiger partial charge on any atom is 0.257 e. The first-order valence-electron chi connectivity index (χ1n) is 9.83. The van der Waals surface area contributed by atoms with Gasteiger partial charge in [0.2, 0.25) is 10.0 Å². The minimum atomic E-state index is -3.69. The Morgan fingerprint density at radius 1 is 1.07 bits per heavy atom. The highest BCUT2D eigenvalue weighted by atomic mass is 32.2. The van der Waals surface area contributed by atoms with E-state index in [1.165, 1.54) is 34.6 Å². The van der Waals surface area contributed by atoms with Gasteiger partial charge in [0.25, 0.3) is 5.91 Å². The van der Waals surface area contributed by atoms with E-state index in [1.807, 2.05) is 0 Å². The number of carbonyl (C=O) groups is 1. The highest BCUT2D eigenvalue weighted by Crippen LogP contribution is 2.29. The fraction of sp³-hybridized carbons (Fsp3) is 0.381. The van der Waals surface area contributed by atoms with Gasteiger partial charge in [0.1, 0.15) is 5.82 Å². The van der Waals surface area contributed by atoms with Crippen LogP contribution < -0.4 is 10.2 Å². The molecule has 6 nitrogen and oxygen atoms in total. The lowest BCUT2D eigenvalue weighted by atomic mass is 10.1. The predicted octanol–water partition coefficient (Wildman–Crippen LogP) is 3.71. The Bertz CT molecular complexity index is 967. The fourth-order valence-corrected chi connectivity index (χ4v) is 5.02. The van der Waals surface area contributed by atoms with E-state index in [9.17, 15) is 17.6 Å². The number of benzene rings is 2. The smallest absolute Gasteiger partial charge is 0.257 e. The van der Waals surface area contributed by atoms with Crippen LogP contribution in [-0.4, -0.2) is 44.8 Å². The Balaban J connectivity index is 2.01. The van der Waals surface area contributed by atoms with Crippen molar-refractivity contribution in [1.82, 2.24) is 4.31 Å². The first kappa shape index (κ1) is 21.3. The van der Waals surface area contributed by atoms with Gasteiger partial charge in [-0.1, -0.05) is 13.8 Å². The molecule has 0 spiro atoms. The van der Waals surface area contributed by atoms with Crippen molar-refractivity contribution in [3.05, 3.63) is 53.8 Å². The van der Waals surface area contributed by atoms with Crippen LogP contribution in [0.2, 0.25) is 0 Å². The highest BCUT2D eigenvalue weighted by molar-refractivity contribution is 7.89. The number of nitrogens with one attached hydrogen (secondary N) is 1. The Kier molecular flexibility index (Phi) is 6.54. The number of nitrogens with zero attached hydrogens (tertiary/aromatic N) is 2. The molecule has 1 amide bonds. The molecule has 1 aliphatic rings. The third-order valence-corrected chi connectivity index (χ3v) is 7.15. The predicted molar refractivity (Wildman–Crippen MR) is 112 cm³/mol. The largest absolute Gasteiger partial charge is 0.371 e. The van der Waals surface area contributed by atoms with Gasteiger partial charge in [0.05, 0.1) is 10.5 Å². The second-order valence-corrected chi connectivity index (χ2v) is 8.86. The molecule has 0 radical (unpaired) electrons. The molecule has 1 heterocycles. The lowest BCUT2D eigenvalue weighted by Crippen LogP contribution is -2.31. The lowest BCUT2D eigenvalue weighted by Gasteiger charge is -2.23. The molecule has 1 aliphatic heterocycles. The molecular weight excluding hydrogens is 393 g/mol. The molecule has 0 atom stereocenters. The normalized spacial score (nSPS) is 14.4. The minimum absolute atomic E-state index is 0.0911. The third-order valence-electron chi connectivity index (χ3n) is 5.10. The number of amides is 1. The molecular formula is C21H26FN3O3S. The zero-order chi connectivity index (χ0) is 21.0. The first-order chi connectivity index (χ1) is 13.9. The van der Waals surface area contributed by atoms with Gasteiger partial charge in [0, 0.05) is 37.6 Å². The van der Waals surface area contributed by atoms with E-state index in [4.69, 9.17) is 0 Å². The first-order valence-corrected chi connectivity index (χ1v) is 11.3. The van der Waals surface area contributed by atoms with Crippen LogP contribution in [-0.2, 0) is 10.0 Å². The monoisotopic (exact) mass is 419 g/mol. The SMILES string of the molecule is CCN(CC)S(=O)(=O)c1ccc(N2CCCC2)c(C(=O)Nc2ccc(F)cc2)c1. The van der Waals surface area contributed by atoms with E-state index < -0.39 is 21.7 Å². The summed E-state index contributed by atoms with van der Waals surface area (Å²) in [5.74, 6) is -0.817. The van der Waals surface area contributed by atoms with Crippen molar-refractivity contribution in [3.63, 3.8) is 0 Å². The maximum absolute atomic E-state index is 13.2. The fourth-order valence-electron chi connectivity index (χ4n) is 3.54. The summed E-state index contributed by atoms with van der Waals surface area (Å²) < 4.78 is 40.4. The second kappa shape index (κ2) is 8.92. The van der Waals surface area contributed by atoms with Crippen LogP contribution in [0.25, 0.3) is 0 Å². The van der Waals surface area contributed by atoms with E-state index in [1.54, 1.807) is 26.0 Å². The highest BCUT2D eigenvalue weighted by Gasteiger charge is 2.26. The number of carbonyl (C=O) groups excluding carboxylic acids is 1. The van der Waals surface area contributed by atoms with Gasteiger partial charge < -0.3 is 10.2 Å². The van der Waals surface area contributed by atoms with Crippen LogP contribution in [0.4, 0.5) is 15.8 Å². The van der Waals surface area contributed by atoms with E-state index in [-0.39, 0.29) is 4.90 Å². The molecule has 0 unspecified atom stereocenters. The summed E-state index contributed by atoms with van der Waals surface area (Å²) in [5.41, 5.74) is 1.45. The Hall–Kier alpha value is -2.45. The zero-order valence-corrected chi connectivity index (χ0v) is 17.5. The number of anilines is 2. The van der Waals surface area contributed by atoms with E-state index >= 15 is 0 Å². The van der Waals surface area contributed by atoms with Crippen LogP contribution in [0.3, 0.4) is 0 Å². The summed E-state index contributed by atoms with van der Waals surface area (Å²) in [6.07, 6.45) is 2.05. The van der Waals surface area contributed by atoms with E-state index in [0.717, 1.165) is 25.9 Å². The molecule has 1 saturated heterocycles. The summed E-state index contributed by atoms with van der Waals surface area (Å²) in [4.78, 5) is 15.2.